The molecule has 17 heavy (non-hydrogen) atoms. The smallest absolute Gasteiger partial charge is 0.234 e. The third-order valence-electron chi connectivity index (χ3n) is 3.79. The summed E-state index contributed by atoms with van der Waals surface area (Å²) in [6.07, 6.45) is 14.0. The maximum atomic E-state index is 11.8. The lowest BCUT2D eigenvalue weighted by atomic mass is 9.95. The number of rotatable bonds is 4. The minimum absolute atomic E-state index is 0.173. The van der Waals surface area contributed by atoms with E-state index in [1.165, 1.54) is 19.3 Å². The second-order valence-corrected chi connectivity index (χ2v) is 5.26. The molecule has 0 saturated heterocycles. The summed E-state index contributed by atoms with van der Waals surface area (Å²) in [6.45, 7) is 0.481. The molecule has 0 radical (unpaired) electrons. The Morgan fingerprint density at radius 3 is 2.59 bits per heavy atom. The Balaban J connectivity index is 1.61. The van der Waals surface area contributed by atoms with Gasteiger partial charge in [0.15, 0.2) is 0 Å². The number of amides is 1. The summed E-state index contributed by atoms with van der Waals surface area (Å²) in [7, 11) is 0. The van der Waals surface area contributed by atoms with Crippen LogP contribution in [0, 0.1) is 0 Å². The van der Waals surface area contributed by atoms with Crippen LogP contribution in [0.4, 0.5) is 0 Å². The van der Waals surface area contributed by atoms with E-state index in [1.54, 1.807) is 0 Å². The normalized spacial score (nSPS) is 25.8. The molecule has 2 N–H and O–H groups in total. The predicted molar refractivity (Wildman–Crippen MR) is 69.8 cm³/mol. The topological polar surface area (TPSA) is 41.1 Å². The zero-order chi connectivity index (χ0) is 11.9. The molecule has 96 valence electrons. The molecular formula is C14H24N2O. The molecule has 0 aromatic carbocycles. The van der Waals surface area contributed by atoms with Crippen molar-refractivity contribution in [2.24, 2.45) is 0 Å². The molecule has 1 amide bonds. The average Bonchev–Trinajstić information content (AvgIpc) is 2.39. The average molecular weight is 236 g/mol. The van der Waals surface area contributed by atoms with Crippen molar-refractivity contribution in [2.75, 3.05) is 6.54 Å². The standard InChI is InChI=1S/C14H24N2O/c17-14(16-13-9-5-2-6-10-13)11-15-12-7-3-1-4-8-12/h1,3,12-13,15H,2,4-11H2,(H,16,17). The first-order valence-electron chi connectivity index (χ1n) is 7.02. The molecule has 1 atom stereocenters. The van der Waals surface area contributed by atoms with Gasteiger partial charge in [-0.1, -0.05) is 31.4 Å². The van der Waals surface area contributed by atoms with Gasteiger partial charge in [0.1, 0.15) is 0 Å². The molecule has 1 saturated carbocycles. The van der Waals surface area contributed by atoms with Crippen molar-refractivity contribution in [3.63, 3.8) is 0 Å². The van der Waals surface area contributed by atoms with Crippen LogP contribution < -0.4 is 10.6 Å². The molecule has 3 heteroatoms. The van der Waals surface area contributed by atoms with E-state index < -0.39 is 0 Å². The van der Waals surface area contributed by atoms with Crippen LogP contribution in [0.15, 0.2) is 12.2 Å². The zero-order valence-corrected chi connectivity index (χ0v) is 10.6. The van der Waals surface area contributed by atoms with Gasteiger partial charge in [0.05, 0.1) is 6.54 Å². The number of nitrogens with one attached hydrogen (secondary N) is 2. The summed E-state index contributed by atoms with van der Waals surface area (Å²) in [6, 6.07) is 0.932. The van der Waals surface area contributed by atoms with E-state index in [-0.39, 0.29) is 5.91 Å². The van der Waals surface area contributed by atoms with Crippen molar-refractivity contribution in [3.05, 3.63) is 12.2 Å². The maximum absolute atomic E-state index is 11.8. The Labute approximate surface area is 104 Å². The quantitative estimate of drug-likeness (QED) is 0.734. The van der Waals surface area contributed by atoms with E-state index in [1.807, 2.05) is 0 Å². The lowest BCUT2D eigenvalue weighted by molar-refractivity contribution is -0.121. The fourth-order valence-electron chi connectivity index (χ4n) is 2.74. The summed E-state index contributed by atoms with van der Waals surface area (Å²) in [4.78, 5) is 11.8. The van der Waals surface area contributed by atoms with E-state index in [0.29, 0.717) is 18.6 Å². The monoisotopic (exact) mass is 236 g/mol. The minimum Gasteiger partial charge on any atom is -0.352 e. The van der Waals surface area contributed by atoms with Gasteiger partial charge in [0.2, 0.25) is 5.91 Å². The summed E-state index contributed by atoms with van der Waals surface area (Å²) < 4.78 is 0. The summed E-state index contributed by atoms with van der Waals surface area (Å²) in [5, 5.41) is 6.49. The molecule has 2 rings (SSSR count). The first-order valence-corrected chi connectivity index (χ1v) is 7.02. The largest absolute Gasteiger partial charge is 0.352 e. The Kier molecular flexibility index (Phi) is 5.05. The van der Waals surface area contributed by atoms with Gasteiger partial charge < -0.3 is 10.6 Å². The van der Waals surface area contributed by atoms with Crippen molar-refractivity contribution < 1.29 is 4.79 Å². The molecule has 2 aliphatic carbocycles. The zero-order valence-electron chi connectivity index (χ0n) is 10.6. The van der Waals surface area contributed by atoms with E-state index in [9.17, 15) is 4.79 Å². The number of carbonyl (C=O) groups is 1. The van der Waals surface area contributed by atoms with Crippen LogP contribution in [-0.4, -0.2) is 24.5 Å². The van der Waals surface area contributed by atoms with E-state index in [2.05, 4.69) is 22.8 Å². The van der Waals surface area contributed by atoms with Gasteiger partial charge >= 0.3 is 0 Å². The van der Waals surface area contributed by atoms with Crippen LogP contribution in [0.5, 0.6) is 0 Å². The van der Waals surface area contributed by atoms with Crippen LogP contribution in [0.3, 0.4) is 0 Å². The lowest BCUT2D eigenvalue weighted by Crippen LogP contribution is -2.44. The summed E-state index contributed by atoms with van der Waals surface area (Å²) in [5.74, 6) is 0.173. The molecule has 0 heterocycles. The van der Waals surface area contributed by atoms with Crippen molar-refractivity contribution in [1.29, 1.82) is 0 Å². The number of allylic oxidation sites excluding steroid dienone is 1. The number of carbonyl (C=O) groups excluding carboxylic acids is 1. The van der Waals surface area contributed by atoms with E-state index in [0.717, 1.165) is 32.1 Å². The molecule has 1 fully saturated rings. The Morgan fingerprint density at radius 2 is 1.88 bits per heavy atom. The fraction of sp³-hybridized carbons (Fsp3) is 0.786. The van der Waals surface area contributed by atoms with Crippen molar-refractivity contribution >= 4 is 5.91 Å². The molecule has 2 aliphatic rings. The molecule has 0 aromatic rings. The Bertz CT molecular complexity index is 269. The van der Waals surface area contributed by atoms with Gasteiger partial charge in [0, 0.05) is 12.1 Å². The number of hydrogen-bond acceptors (Lipinski definition) is 2. The van der Waals surface area contributed by atoms with Gasteiger partial charge in [-0.3, -0.25) is 4.79 Å². The Hall–Kier alpha value is -0.830. The van der Waals surface area contributed by atoms with Crippen LogP contribution >= 0.6 is 0 Å². The first-order chi connectivity index (χ1) is 8.34. The van der Waals surface area contributed by atoms with Crippen LogP contribution in [0.25, 0.3) is 0 Å². The fourth-order valence-corrected chi connectivity index (χ4v) is 2.74. The SMILES string of the molecule is O=C(CNC1CC=CCC1)NC1CCCCC1. The van der Waals surface area contributed by atoms with Crippen LogP contribution in [-0.2, 0) is 4.79 Å². The molecule has 0 bridgehead atoms. The minimum atomic E-state index is 0.173. The predicted octanol–water partition coefficient (Wildman–Crippen LogP) is 2.13. The van der Waals surface area contributed by atoms with E-state index >= 15 is 0 Å². The lowest BCUT2D eigenvalue weighted by Gasteiger charge is -2.24. The summed E-state index contributed by atoms with van der Waals surface area (Å²) in [5.41, 5.74) is 0. The van der Waals surface area contributed by atoms with Crippen molar-refractivity contribution in [2.45, 2.75) is 63.5 Å². The van der Waals surface area contributed by atoms with Gasteiger partial charge in [-0.05, 0) is 32.1 Å². The van der Waals surface area contributed by atoms with Gasteiger partial charge in [-0.15, -0.1) is 0 Å². The van der Waals surface area contributed by atoms with Gasteiger partial charge in [0.25, 0.3) is 0 Å². The van der Waals surface area contributed by atoms with Gasteiger partial charge in [-0.2, -0.15) is 0 Å². The highest BCUT2D eigenvalue weighted by atomic mass is 16.1. The highest BCUT2D eigenvalue weighted by Crippen LogP contribution is 2.17. The summed E-state index contributed by atoms with van der Waals surface area (Å²) >= 11 is 0. The second-order valence-electron chi connectivity index (χ2n) is 5.26. The highest BCUT2D eigenvalue weighted by Gasteiger charge is 2.16. The maximum Gasteiger partial charge on any atom is 0.234 e. The van der Waals surface area contributed by atoms with Crippen molar-refractivity contribution in [1.82, 2.24) is 10.6 Å². The molecule has 0 aromatic heterocycles. The van der Waals surface area contributed by atoms with Crippen molar-refractivity contribution in [3.8, 4) is 0 Å². The van der Waals surface area contributed by atoms with Crippen LogP contribution in [0.2, 0.25) is 0 Å². The molecule has 3 nitrogen and oxygen atoms in total. The number of hydrogen-bond donors (Lipinski definition) is 2. The van der Waals surface area contributed by atoms with E-state index in [4.69, 9.17) is 0 Å². The molecular weight excluding hydrogens is 212 g/mol. The molecule has 0 aliphatic heterocycles. The third-order valence-corrected chi connectivity index (χ3v) is 3.79. The first kappa shape index (κ1) is 12.6. The third kappa shape index (κ3) is 4.50. The Morgan fingerprint density at radius 1 is 1.06 bits per heavy atom. The highest BCUT2D eigenvalue weighted by molar-refractivity contribution is 5.78. The van der Waals surface area contributed by atoms with Gasteiger partial charge in [-0.25, -0.2) is 0 Å². The second kappa shape index (κ2) is 6.80. The van der Waals surface area contributed by atoms with Crippen LogP contribution in [0.1, 0.15) is 51.4 Å². The molecule has 1 unspecified atom stereocenters. The molecule has 0 spiro atoms.